The zero-order chi connectivity index (χ0) is 22.1. The summed E-state index contributed by atoms with van der Waals surface area (Å²) in [5.74, 6) is -0.693. The molecule has 0 aromatic carbocycles. The van der Waals surface area contributed by atoms with Crippen LogP contribution in [0.5, 0.6) is 0 Å². The predicted molar refractivity (Wildman–Crippen MR) is 118 cm³/mol. The van der Waals surface area contributed by atoms with Crippen molar-refractivity contribution < 1.29 is 14.6 Å². The topological polar surface area (TPSA) is 129 Å². The van der Waals surface area contributed by atoms with Gasteiger partial charge in [0.2, 0.25) is 0 Å². The first-order chi connectivity index (χ1) is 14.2. The first-order valence-corrected chi connectivity index (χ1v) is 14.2. The number of nitrogens with two attached hydrogens (primary N) is 1. The maximum absolute atomic E-state index is 12.0. The van der Waals surface area contributed by atoms with Crippen molar-refractivity contribution in [3.8, 4) is 0 Å². The van der Waals surface area contributed by atoms with E-state index in [2.05, 4.69) is 40.2 Å². The predicted octanol–water partition coefficient (Wildman–Crippen LogP) is 3.18. The van der Waals surface area contributed by atoms with E-state index in [0.717, 1.165) is 18.0 Å². The van der Waals surface area contributed by atoms with Crippen molar-refractivity contribution in [2.75, 3.05) is 12.3 Å². The summed E-state index contributed by atoms with van der Waals surface area (Å²) in [7, 11) is -1.19. The molecule has 10 heteroatoms. The van der Waals surface area contributed by atoms with E-state index in [1.165, 1.54) is 0 Å². The number of pyridine rings is 1. The van der Waals surface area contributed by atoms with Crippen LogP contribution in [-0.2, 0) is 22.7 Å². The molecule has 2 heterocycles. The number of ether oxygens (including phenoxy) is 1. The van der Waals surface area contributed by atoms with Crippen LogP contribution in [0, 0.1) is 5.92 Å². The summed E-state index contributed by atoms with van der Waals surface area (Å²) in [5.41, 5.74) is 6.66. The van der Waals surface area contributed by atoms with E-state index in [9.17, 15) is 9.90 Å². The molecule has 0 aliphatic heterocycles. The molecular formula is C20H34N6O3Si. The van der Waals surface area contributed by atoms with Crippen LogP contribution in [0.4, 0.5) is 5.82 Å². The molecule has 166 valence electrons. The third-order valence-corrected chi connectivity index (χ3v) is 6.80. The van der Waals surface area contributed by atoms with Crippen LogP contribution in [0.15, 0.2) is 18.3 Å². The normalized spacial score (nSPS) is 13.9. The second kappa shape index (κ2) is 11.2. The van der Waals surface area contributed by atoms with Gasteiger partial charge in [0.25, 0.3) is 0 Å². The molecule has 30 heavy (non-hydrogen) atoms. The van der Waals surface area contributed by atoms with Gasteiger partial charge in [-0.15, -0.1) is 5.10 Å². The Labute approximate surface area is 179 Å². The standard InChI is InChI=1S/C20H34N6O3Si/c1-5-6-17(20(27)28)16(9-7-15-8-10-18(21)22-13-15)19-23-24-25-26(19)14-29-11-12-30(2,3)4/h8,10,13,16-17H,5-7,9,11-12,14H2,1-4H3,(H2,21,22)(H,27,28)/t16-,17-/m0/s1. The smallest absolute Gasteiger partial charge is 0.307 e. The van der Waals surface area contributed by atoms with Crippen LogP contribution < -0.4 is 5.73 Å². The number of rotatable bonds is 13. The van der Waals surface area contributed by atoms with E-state index in [4.69, 9.17) is 10.5 Å². The summed E-state index contributed by atoms with van der Waals surface area (Å²) >= 11 is 0. The third-order valence-electron chi connectivity index (χ3n) is 5.10. The minimum Gasteiger partial charge on any atom is -0.481 e. The van der Waals surface area contributed by atoms with Gasteiger partial charge in [-0.3, -0.25) is 4.79 Å². The third kappa shape index (κ3) is 7.49. The van der Waals surface area contributed by atoms with Crippen molar-refractivity contribution >= 4 is 19.9 Å². The summed E-state index contributed by atoms with van der Waals surface area (Å²) in [6.07, 6.45) is 4.31. The van der Waals surface area contributed by atoms with E-state index in [1.807, 2.05) is 13.0 Å². The van der Waals surface area contributed by atoms with Crippen molar-refractivity contribution in [3.63, 3.8) is 0 Å². The van der Waals surface area contributed by atoms with Crippen LogP contribution in [0.2, 0.25) is 25.7 Å². The summed E-state index contributed by atoms with van der Waals surface area (Å²) in [6.45, 7) is 9.74. The number of anilines is 1. The highest BCUT2D eigenvalue weighted by atomic mass is 28.3. The zero-order valence-electron chi connectivity index (χ0n) is 18.4. The number of carboxylic acid groups (broad SMARTS) is 1. The zero-order valence-corrected chi connectivity index (χ0v) is 19.4. The Morgan fingerprint density at radius 2 is 2.07 bits per heavy atom. The van der Waals surface area contributed by atoms with E-state index >= 15 is 0 Å². The lowest BCUT2D eigenvalue weighted by Crippen LogP contribution is -2.26. The first kappa shape index (κ1) is 23.9. The number of hydrogen-bond acceptors (Lipinski definition) is 7. The molecule has 0 spiro atoms. The Bertz CT molecular complexity index is 791. The maximum Gasteiger partial charge on any atom is 0.307 e. The molecule has 0 unspecified atom stereocenters. The van der Waals surface area contributed by atoms with Crippen molar-refractivity contribution in [1.29, 1.82) is 0 Å². The van der Waals surface area contributed by atoms with Gasteiger partial charge in [0.05, 0.1) is 5.92 Å². The SMILES string of the molecule is CCC[C@H](C(=O)O)[C@H](CCc1ccc(N)nc1)c1nnnn1COCC[Si](C)(C)C. The number of carbonyl (C=O) groups is 1. The summed E-state index contributed by atoms with van der Waals surface area (Å²) in [5, 5.41) is 21.9. The molecule has 3 N–H and O–H groups in total. The Balaban J connectivity index is 2.16. The summed E-state index contributed by atoms with van der Waals surface area (Å²) < 4.78 is 7.40. The second-order valence-corrected chi connectivity index (χ2v) is 14.5. The van der Waals surface area contributed by atoms with Gasteiger partial charge in [-0.25, -0.2) is 9.67 Å². The fraction of sp³-hybridized carbons (Fsp3) is 0.650. The van der Waals surface area contributed by atoms with Crippen molar-refractivity contribution in [1.82, 2.24) is 25.2 Å². The molecule has 0 bridgehead atoms. The number of carboxylic acids is 1. The van der Waals surface area contributed by atoms with E-state index in [1.54, 1.807) is 16.9 Å². The second-order valence-electron chi connectivity index (χ2n) is 8.85. The van der Waals surface area contributed by atoms with E-state index in [-0.39, 0.29) is 12.6 Å². The number of nitrogens with zero attached hydrogens (tertiary/aromatic N) is 5. The number of hydrogen-bond donors (Lipinski definition) is 2. The molecule has 0 amide bonds. The van der Waals surface area contributed by atoms with E-state index < -0.39 is 20.0 Å². The minimum atomic E-state index is -1.19. The number of aliphatic carboxylic acids is 1. The highest BCUT2D eigenvalue weighted by molar-refractivity contribution is 6.76. The fourth-order valence-corrected chi connectivity index (χ4v) is 4.08. The van der Waals surface area contributed by atoms with Crippen LogP contribution in [0.25, 0.3) is 0 Å². The highest BCUT2D eigenvalue weighted by Gasteiger charge is 2.32. The molecule has 2 aromatic heterocycles. The minimum absolute atomic E-state index is 0.227. The molecule has 0 aliphatic carbocycles. The molecule has 0 radical (unpaired) electrons. The fourth-order valence-electron chi connectivity index (χ4n) is 3.32. The molecule has 2 atom stereocenters. The van der Waals surface area contributed by atoms with Gasteiger partial charge in [-0.2, -0.15) is 0 Å². The molecule has 0 saturated heterocycles. The molecule has 0 fully saturated rings. The lowest BCUT2D eigenvalue weighted by Gasteiger charge is -2.23. The Kier molecular flexibility index (Phi) is 8.91. The van der Waals surface area contributed by atoms with Gasteiger partial charge >= 0.3 is 5.97 Å². The average molecular weight is 435 g/mol. The van der Waals surface area contributed by atoms with Gasteiger partial charge in [0.15, 0.2) is 5.82 Å². The van der Waals surface area contributed by atoms with Gasteiger partial charge in [-0.05, 0) is 47.4 Å². The van der Waals surface area contributed by atoms with Crippen molar-refractivity contribution in [2.24, 2.45) is 5.92 Å². The quantitative estimate of drug-likeness (QED) is 0.363. The molecule has 9 nitrogen and oxygen atoms in total. The Hall–Kier alpha value is -2.33. The van der Waals surface area contributed by atoms with Gasteiger partial charge in [0, 0.05) is 26.8 Å². The van der Waals surface area contributed by atoms with Gasteiger partial charge in [-0.1, -0.05) is 39.1 Å². The van der Waals surface area contributed by atoms with Crippen LogP contribution in [-0.4, -0.2) is 50.9 Å². The van der Waals surface area contributed by atoms with Crippen LogP contribution in [0.3, 0.4) is 0 Å². The maximum atomic E-state index is 12.0. The lowest BCUT2D eigenvalue weighted by molar-refractivity contribution is -0.143. The largest absolute Gasteiger partial charge is 0.481 e. The number of tetrazole rings is 1. The average Bonchev–Trinajstić information content (AvgIpc) is 3.13. The number of nitrogen functional groups attached to an aromatic ring is 1. The van der Waals surface area contributed by atoms with E-state index in [0.29, 0.717) is 37.5 Å². The Morgan fingerprint density at radius 3 is 2.67 bits per heavy atom. The van der Waals surface area contributed by atoms with Crippen molar-refractivity contribution in [2.45, 2.75) is 70.9 Å². The number of aryl methyl sites for hydroxylation is 1. The van der Waals surface area contributed by atoms with Gasteiger partial charge in [0.1, 0.15) is 12.5 Å². The summed E-state index contributed by atoms with van der Waals surface area (Å²) in [6, 6.07) is 4.71. The monoisotopic (exact) mass is 434 g/mol. The molecular weight excluding hydrogens is 400 g/mol. The molecule has 2 rings (SSSR count). The molecule has 2 aromatic rings. The van der Waals surface area contributed by atoms with Crippen molar-refractivity contribution in [3.05, 3.63) is 29.7 Å². The van der Waals surface area contributed by atoms with Crippen LogP contribution >= 0.6 is 0 Å². The first-order valence-electron chi connectivity index (χ1n) is 10.5. The molecule has 0 aliphatic rings. The van der Waals surface area contributed by atoms with Gasteiger partial charge < -0.3 is 15.6 Å². The lowest BCUT2D eigenvalue weighted by atomic mass is 9.83. The molecule has 0 saturated carbocycles. The summed E-state index contributed by atoms with van der Waals surface area (Å²) in [4.78, 5) is 16.2. The highest BCUT2D eigenvalue weighted by Crippen LogP contribution is 2.31. The van der Waals surface area contributed by atoms with Crippen LogP contribution in [0.1, 0.15) is 43.5 Å². The number of aromatic nitrogens is 5. The Morgan fingerprint density at radius 1 is 1.30 bits per heavy atom.